The van der Waals surface area contributed by atoms with Crippen LogP contribution in [-0.4, -0.2) is 42.8 Å². The smallest absolute Gasteiger partial charge is 0.293 e. The standard InChI is InChI=1S/C13H13ClN6OS/c1-19(12(21)11-15-13(14)20(2)18-11)7-8-6-9(17-16-8)10-4-3-5-22-10/h3-6H,7H2,1-2H3,(H,16,17). The minimum Gasteiger partial charge on any atom is -0.333 e. The van der Waals surface area contributed by atoms with Crippen LogP contribution < -0.4 is 0 Å². The Bertz CT molecular complexity index is 774. The number of halogens is 1. The molecule has 22 heavy (non-hydrogen) atoms. The number of amides is 1. The average molecular weight is 337 g/mol. The van der Waals surface area contributed by atoms with Gasteiger partial charge in [-0.2, -0.15) is 10.1 Å². The Kier molecular flexibility index (Phi) is 3.95. The zero-order valence-electron chi connectivity index (χ0n) is 11.9. The summed E-state index contributed by atoms with van der Waals surface area (Å²) < 4.78 is 1.35. The summed E-state index contributed by atoms with van der Waals surface area (Å²) in [5.41, 5.74) is 1.70. The van der Waals surface area contributed by atoms with Gasteiger partial charge in [-0.05, 0) is 29.1 Å². The van der Waals surface area contributed by atoms with Crippen LogP contribution in [0.25, 0.3) is 10.6 Å². The molecule has 0 saturated heterocycles. The first-order chi connectivity index (χ1) is 10.5. The second kappa shape index (κ2) is 5.90. The summed E-state index contributed by atoms with van der Waals surface area (Å²) in [5, 5.41) is 13.3. The fraction of sp³-hybridized carbons (Fsp3) is 0.231. The number of nitrogens with one attached hydrogen (secondary N) is 1. The van der Waals surface area contributed by atoms with Crippen LogP contribution in [0.2, 0.25) is 5.28 Å². The van der Waals surface area contributed by atoms with Gasteiger partial charge < -0.3 is 4.90 Å². The van der Waals surface area contributed by atoms with E-state index >= 15 is 0 Å². The molecule has 1 amide bonds. The molecule has 0 bridgehead atoms. The number of rotatable bonds is 4. The van der Waals surface area contributed by atoms with Crippen molar-refractivity contribution < 1.29 is 4.79 Å². The van der Waals surface area contributed by atoms with Gasteiger partial charge in [0, 0.05) is 14.1 Å². The number of hydrogen-bond donors (Lipinski definition) is 1. The molecule has 0 aromatic carbocycles. The zero-order valence-corrected chi connectivity index (χ0v) is 13.5. The lowest BCUT2D eigenvalue weighted by Gasteiger charge is -2.13. The van der Waals surface area contributed by atoms with E-state index in [2.05, 4.69) is 20.3 Å². The molecule has 0 atom stereocenters. The molecule has 3 aromatic rings. The molecule has 0 unspecified atom stereocenters. The lowest BCUT2D eigenvalue weighted by molar-refractivity contribution is 0.0771. The average Bonchev–Trinajstić information content (AvgIpc) is 3.20. The number of carbonyl (C=O) groups is 1. The van der Waals surface area contributed by atoms with Gasteiger partial charge in [0.25, 0.3) is 5.91 Å². The third-order valence-electron chi connectivity index (χ3n) is 3.06. The van der Waals surface area contributed by atoms with Crippen molar-refractivity contribution in [3.05, 3.63) is 40.4 Å². The summed E-state index contributed by atoms with van der Waals surface area (Å²) in [5.74, 6) is -0.220. The monoisotopic (exact) mass is 336 g/mol. The molecule has 3 heterocycles. The van der Waals surface area contributed by atoms with Gasteiger partial charge >= 0.3 is 0 Å². The van der Waals surface area contributed by atoms with Gasteiger partial charge in [-0.25, -0.2) is 4.68 Å². The highest BCUT2D eigenvalue weighted by Gasteiger charge is 2.19. The summed E-state index contributed by atoms with van der Waals surface area (Å²) in [4.78, 5) is 18.8. The Hall–Kier alpha value is -2.19. The van der Waals surface area contributed by atoms with E-state index in [1.165, 1.54) is 9.58 Å². The maximum Gasteiger partial charge on any atom is 0.293 e. The Morgan fingerprint density at radius 3 is 3.00 bits per heavy atom. The third-order valence-corrected chi connectivity index (χ3v) is 4.28. The topological polar surface area (TPSA) is 79.7 Å². The molecule has 9 heteroatoms. The predicted molar refractivity (Wildman–Crippen MR) is 83.7 cm³/mol. The number of carbonyl (C=O) groups excluding carboxylic acids is 1. The van der Waals surface area contributed by atoms with Crippen molar-refractivity contribution >= 4 is 28.8 Å². The molecule has 0 spiro atoms. The molecular weight excluding hydrogens is 324 g/mol. The molecule has 3 aromatic heterocycles. The van der Waals surface area contributed by atoms with E-state index in [9.17, 15) is 4.79 Å². The van der Waals surface area contributed by atoms with Crippen molar-refractivity contribution in [3.8, 4) is 10.6 Å². The summed E-state index contributed by atoms with van der Waals surface area (Å²) in [6.07, 6.45) is 0. The maximum atomic E-state index is 12.2. The summed E-state index contributed by atoms with van der Waals surface area (Å²) in [6.45, 7) is 0.382. The maximum absolute atomic E-state index is 12.2. The Morgan fingerprint density at radius 1 is 1.55 bits per heavy atom. The van der Waals surface area contributed by atoms with Crippen molar-refractivity contribution in [2.75, 3.05) is 7.05 Å². The van der Waals surface area contributed by atoms with Gasteiger partial charge in [0.2, 0.25) is 11.1 Å². The third kappa shape index (κ3) is 2.88. The molecule has 0 fully saturated rings. The number of aromatic amines is 1. The molecule has 0 aliphatic rings. The molecule has 3 rings (SSSR count). The minimum absolute atomic E-state index is 0.0768. The number of aryl methyl sites for hydroxylation is 1. The van der Waals surface area contributed by atoms with Gasteiger partial charge in [0.05, 0.1) is 17.1 Å². The van der Waals surface area contributed by atoms with Crippen molar-refractivity contribution in [1.29, 1.82) is 0 Å². The van der Waals surface area contributed by atoms with E-state index in [-0.39, 0.29) is 17.0 Å². The van der Waals surface area contributed by atoms with E-state index < -0.39 is 0 Å². The molecule has 0 aliphatic carbocycles. The van der Waals surface area contributed by atoms with E-state index in [1.807, 2.05) is 23.6 Å². The van der Waals surface area contributed by atoms with Crippen LogP contribution in [0.1, 0.15) is 16.3 Å². The van der Waals surface area contributed by atoms with E-state index in [4.69, 9.17) is 11.6 Å². The first-order valence-electron chi connectivity index (χ1n) is 6.45. The number of thiophene rings is 1. The highest BCUT2D eigenvalue weighted by Crippen LogP contribution is 2.23. The summed E-state index contributed by atoms with van der Waals surface area (Å²) in [6, 6.07) is 5.90. The van der Waals surface area contributed by atoms with Gasteiger partial charge in [0.1, 0.15) is 5.69 Å². The van der Waals surface area contributed by atoms with Crippen molar-refractivity contribution in [2.45, 2.75) is 6.54 Å². The van der Waals surface area contributed by atoms with Crippen LogP contribution in [-0.2, 0) is 13.6 Å². The highest BCUT2D eigenvalue weighted by atomic mass is 35.5. The lowest BCUT2D eigenvalue weighted by atomic mass is 10.3. The van der Waals surface area contributed by atoms with Gasteiger partial charge in [-0.3, -0.25) is 9.89 Å². The molecular formula is C13H13ClN6OS. The van der Waals surface area contributed by atoms with Crippen molar-refractivity contribution in [2.24, 2.45) is 7.05 Å². The Balaban J connectivity index is 1.71. The predicted octanol–water partition coefficient (Wildman–Crippen LogP) is 2.19. The molecule has 0 saturated carbocycles. The van der Waals surface area contributed by atoms with Gasteiger partial charge in [-0.1, -0.05) is 6.07 Å². The highest BCUT2D eigenvalue weighted by molar-refractivity contribution is 7.13. The summed E-state index contributed by atoms with van der Waals surface area (Å²) >= 11 is 7.42. The molecule has 0 radical (unpaired) electrons. The minimum atomic E-state index is -0.297. The lowest BCUT2D eigenvalue weighted by Crippen LogP contribution is -2.27. The first kappa shape index (κ1) is 14.7. The Morgan fingerprint density at radius 2 is 2.36 bits per heavy atom. The largest absolute Gasteiger partial charge is 0.333 e. The van der Waals surface area contributed by atoms with Crippen LogP contribution >= 0.6 is 22.9 Å². The number of nitrogens with zero attached hydrogens (tertiary/aromatic N) is 5. The first-order valence-corrected chi connectivity index (χ1v) is 7.70. The van der Waals surface area contributed by atoms with Crippen LogP contribution in [0.5, 0.6) is 0 Å². The Labute approximate surface area is 135 Å². The molecule has 1 N–H and O–H groups in total. The van der Waals surface area contributed by atoms with Gasteiger partial charge in [0.15, 0.2) is 0 Å². The second-order valence-corrected chi connectivity index (χ2v) is 6.03. The number of hydrogen-bond acceptors (Lipinski definition) is 5. The number of aromatic nitrogens is 5. The van der Waals surface area contributed by atoms with Crippen LogP contribution in [0.15, 0.2) is 23.6 Å². The van der Waals surface area contributed by atoms with E-state index in [0.29, 0.717) is 6.54 Å². The van der Waals surface area contributed by atoms with Gasteiger partial charge in [-0.15, -0.1) is 16.4 Å². The van der Waals surface area contributed by atoms with E-state index in [1.54, 1.807) is 25.4 Å². The quantitative estimate of drug-likeness (QED) is 0.792. The second-order valence-electron chi connectivity index (χ2n) is 4.74. The van der Waals surface area contributed by atoms with Crippen molar-refractivity contribution in [3.63, 3.8) is 0 Å². The molecule has 7 nitrogen and oxygen atoms in total. The number of H-pyrrole nitrogens is 1. The molecule has 0 aliphatic heterocycles. The van der Waals surface area contributed by atoms with E-state index in [0.717, 1.165) is 16.3 Å². The zero-order chi connectivity index (χ0) is 15.7. The SMILES string of the molecule is CN(Cc1cc(-c2cccs2)n[nH]1)C(=O)c1nc(Cl)n(C)n1. The van der Waals surface area contributed by atoms with Crippen LogP contribution in [0, 0.1) is 0 Å². The van der Waals surface area contributed by atoms with Crippen LogP contribution in [0.3, 0.4) is 0 Å². The fourth-order valence-electron chi connectivity index (χ4n) is 1.95. The van der Waals surface area contributed by atoms with Crippen LogP contribution in [0.4, 0.5) is 0 Å². The van der Waals surface area contributed by atoms with Crippen molar-refractivity contribution in [1.82, 2.24) is 29.9 Å². The summed E-state index contributed by atoms with van der Waals surface area (Å²) in [7, 11) is 3.31. The molecule has 114 valence electrons. The normalized spacial score (nSPS) is 10.9. The fourth-order valence-corrected chi connectivity index (χ4v) is 2.75.